The second kappa shape index (κ2) is 8.74. The third-order valence-electron chi connectivity index (χ3n) is 5.98. The van der Waals surface area contributed by atoms with Crippen molar-refractivity contribution in [3.05, 3.63) is 45.5 Å². The molecule has 0 bridgehead atoms. The molecule has 2 aromatic heterocycles. The van der Waals surface area contributed by atoms with Crippen LogP contribution >= 0.6 is 11.3 Å². The number of phenolic OH excluding ortho intramolecular Hbond substituents is 1. The number of carboxylic acids is 1. The van der Waals surface area contributed by atoms with E-state index in [1.807, 2.05) is 32.9 Å². The summed E-state index contributed by atoms with van der Waals surface area (Å²) < 4.78 is 0. The zero-order valence-electron chi connectivity index (χ0n) is 17.9. The van der Waals surface area contributed by atoms with Gasteiger partial charge in [-0.2, -0.15) is 0 Å². The lowest BCUT2D eigenvalue weighted by atomic mass is 9.83. The number of fused-ring (bicyclic) bond motifs is 3. The molecule has 5 N–H and O–H groups in total. The predicted molar refractivity (Wildman–Crippen MR) is 123 cm³/mol. The number of aromatic hydroxyl groups is 1. The van der Waals surface area contributed by atoms with Crippen LogP contribution in [0.25, 0.3) is 21.3 Å². The molecule has 1 aliphatic carbocycles. The highest BCUT2D eigenvalue weighted by molar-refractivity contribution is 7.19. The predicted octanol–water partition coefficient (Wildman–Crippen LogP) is 6.29. The van der Waals surface area contributed by atoms with Crippen LogP contribution in [0.15, 0.2) is 18.2 Å². The molecule has 1 unspecified atom stereocenters. The van der Waals surface area contributed by atoms with E-state index in [4.69, 9.17) is 4.98 Å². The number of phenols is 1. The Hall–Kier alpha value is -2.44. The summed E-state index contributed by atoms with van der Waals surface area (Å²) in [5, 5.41) is 21.9. The Labute approximate surface area is 181 Å². The number of carbonyl (C=O) groups is 1. The summed E-state index contributed by atoms with van der Waals surface area (Å²) in [6.45, 7) is 5.86. The van der Waals surface area contributed by atoms with Gasteiger partial charge in [-0.1, -0.05) is 25.5 Å². The summed E-state index contributed by atoms with van der Waals surface area (Å²) in [6.07, 6.45) is 5.69. The Kier molecular flexibility index (Phi) is 6.48. The lowest BCUT2D eigenvalue weighted by Crippen LogP contribution is -2.15. The van der Waals surface area contributed by atoms with E-state index in [0.29, 0.717) is 6.42 Å². The van der Waals surface area contributed by atoms with Crippen LogP contribution in [-0.4, -0.2) is 21.2 Å². The number of aromatic nitrogens is 1. The number of aryl methyl sites for hydroxylation is 4. The van der Waals surface area contributed by atoms with Crippen molar-refractivity contribution in [3.63, 3.8) is 0 Å². The monoisotopic (exact) mass is 426 g/mol. The van der Waals surface area contributed by atoms with Gasteiger partial charge in [-0.05, 0) is 68.7 Å². The van der Waals surface area contributed by atoms with Crippen LogP contribution in [-0.2, 0) is 17.6 Å². The van der Waals surface area contributed by atoms with E-state index in [0.717, 1.165) is 63.8 Å². The highest BCUT2D eigenvalue weighted by Gasteiger charge is 2.30. The first-order valence-electron chi connectivity index (χ1n) is 10.4. The molecule has 0 aliphatic heterocycles. The normalized spacial score (nSPS) is 14.2. The standard InChI is InChI=1S/C24H27NO3S.H3N/c1-4-7-17(24(27)28)20-14(3)25-23-22(16-8-5-6-9-19(16)29-23)21(20)15-11-10-13(2)12-18(15)26;/h10-12,17,26H,4-9H2,1-3H3,(H,27,28);1H3. The van der Waals surface area contributed by atoms with Crippen LogP contribution in [0.4, 0.5) is 0 Å². The number of benzene rings is 1. The second-order valence-electron chi connectivity index (χ2n) is 8.08. The molecule has 0 spiro atoms. The first-order valence-corrected chi connectivity index (χ1v) is 11.2. The number of hydrogen-bond donors (Lipinski definition) is 3. The Morgan fingerprint density at radius 1 is 1.23 bits per heavy atom. The van der Waals surface area contributed by atoms with E-state index in [1.165, 1.54) is 16.9 Å². The summed E-state index contributed by atoms with van der Waals surface area (Å²) in [5.41, 5.74) is 5.40. The van der Waals surface area contributed by atoms with Gasteiger partial charge in [-0.15, -0.1) is 11.3 Å². The van der Waals surface area contributed by atoms with Crippen LogP contribution in [0.1, 0.15) is 65.8 Å². The molecule has 4 rings (SSSR count). The summed E-state index contributed by atoms with van der Waals surface area (Å²) in [6, 6.07) is 5.67. The maximum atomic E-state index is 12.2. The van der Waals surface area contributed by atoms with E-state index in [1.54, 1.807) is 17.4 Å². The first-order chi connectivity index (χ1) is 13.9. The van der Waals surface area contributed by atoms with Crippen molar-refractivity contribution in [1.29, 1.82) is 0 Å². The van der Waals surface area contributed by atoms with E-state index >= 15 is 0 Å². The van der Waals surface area contributed by atoms with Crippen molar-refractivity contribution in [1.82, 2.24) is 11.1 Å². The highest BCUT2D eigenvalue weighted by Crippen LogP contribution is 2.47. The van der Waals surface area contributed by atoms with Crippen molar-refractivity contribution < 1.29 is 15.0 Å². The van der Waals surface area contributed by atoms with Crippen LogP contribution in [0.5, 0.6) is 5.75 Å². The smallest absolute Gasteiger partial charge is 0.311 e. The van der Waals surface area contributed by atoms with Gasteiger partial charge in [-0.25, -0.2) is 4.98 Å². The average molecular weight is 427 g/mol. The van der Waals surface area contributed by atoms with Crippen LogP contribution in [0.3, 0.4) is 0 Å². The van der Waals surface area contributed by atoms with Crippen molar-refractivity contribution >= 4 is 27.5 Å². The van der Waals surface area contributed by atoms with Crippen molar-refractivity contribution in [2.75, 3.05) is 0 Å². The van der Waals surface area contributed by atoms with Gasteiger partial charge in [0.15, 0.2) is 0 Å². The first kappa shape index (κ1) is 22.2. The number of carboxylic acid groups (broad SMARTS) is 1. The molecule has 1 atom stereocenters. The molecule has 30 heavy (non-hydrogen) atoms. The minimum atomic E-state index is -0.826. The lowest BCUT2D eigenvalue weighted by Gasteiger charge is -2.22. The summed E-state index contributed by atoms with van der Waals surface area (Å²) in [5.74, 6) is -1.26. The zero-order chi connectivity index (χ0) is 20.7. The number of aliphatic carboxylic acids is 1. The van der Waals surface area contributed by atoms with E-state index < -0.39 is 11.9 Å². The fourth-order valence-electron chi connectivity index (χ4n) is 4.66. The third kappa shape index (κ3) is 3.70. The number of pyridine rings is 1. The Bertz CT molecular complexity index is 1100. The van der Waals surface area contributed by atoms with Gasteiger partial charge in [0.1, 0.15) is 10.6 Å². The highest BCUT2D eigenvalue weighted by atomic mass is 32.1. The van der Waals surface area contributed by atoms with Crippen LogP contribution in [0, 0.1) is 13.8 Å². The third-order valence-corrected chi connectivity index (χ3v) is 7.16. The molecule has 3 aromatic rings. The largest absolute Gasteiger partial charge is 0.507 e. The molecule has 0 radical (unpaired) electrons. The molecular weight excluding hydrogens is 396 g/mol. The molecule has 160 valence electrons. The van der Waals surface area contributed by atoms with Gasteiger partial charge in [0.25, 0.3) is 0 Å². The number of thiophene rings is 1. The average Bonchev–Trinajstić information content (AvgIpc) is 3.03. The minimum Gasteiger partial charge on any atom is -0.507 e. The minimum absolute atomic E-state index is 0. The molecule has 5 nitrogen and oxygen atoms in total. The molecule has 0 amide bonds. The molecule has 1 aliphatic rings. The molecule has 0 saturated carbocycles. The molecule has 6 heteroatoms. The van der Waals surface area contributed by atoms with E-state index in [2.05, 4.69) is 0 Å². The fraction of sp³-hybridized carbons (Fsp3) is 0.417. The Balaban J connectivity index is 0.00000256. The van der Waals surface area contributed by atoms with E-state index in [-0.39, 0.29) is 11.9 Å². The Morgan fingerprint density at radius 3 is 2.63 bits per heavy atom. The van der Waals surface area contributed by atoms with Gasteiger partial charge in [0, 0.05) is 27.1 Å². The summed E-state index contributed by atoms with van der Waals surface area (Å²) in [4.78, 5) is 19.4. The quantitative estimate of drug-likeness (QED) is 0.444. The van der Waals surface area contributed by atoms with Gasteiger partial charge in [0.05, 0.1) is 5.92 Å². The summed E-state index contributed by atoms with van der Waals surface area (Å²) in [7, 11) is 0. The van der Waals surface area contributed by atoms with Crippen molar-refractivity contribution in [2.24, 2.45) is 0 Å². The molecule has 2 heterocycles. The number of nitrogens with zero attached hydrogens (tertiary/aromatic N) is 1. The molecule has 1 aromatic carbocycles. The summed E-state index contributed by atoms with van der Waals surface area (Å²) >= 11 is 1.73. The number of hydrogen-bond acceptors (Lipinski definition) is 5. The zero-order valence-corrected chi connectivity index (χ0v) is 18.7. The van der Waals surface area contributed by atoms with E-state index in [9.17, 15) is 15.0 Å². The SMILES string of the molecule is CCCC(C(=O)O)c1c(C)nc2sc3c(c2c1-c1ccc(C)cc1O)CCCC3.N. The van der Waals surface area contributed by atoms with Gasteiger partial charge in [-0.3, -0.25) is 4.79 Å². The Morgan fingerprint density at radius 2 is 1.97 bits per heavy atom. The van der Waals surface area contributed by atoms with Gasteiger partial charge in [0.2, 0.25) is 0 Å². The maximum absolute atomic E-state index is 12.2. The fourth-order valence-corrected chi connectivity index (χ4v) is 5.97. The second-order valence-corrected chi connectivity index (χ2v) is 9.16. The molecular formula is C24H30N2O3S. The van der Waals surface area contributed by atoms with Crippen LogP contribution < -0.4 is 6.15 Å². The topological polar surface area (TPSA) is 105 Å². The molecule has 0 saturated heterocycles. The number of rotatable bonds is 5. The lowest BCUT2D eigenvalue weighted by molar-refractivity contribution is -0.139. The van der Waals surface area contributed by atoms with Crippen molar-refractivity contribution in [3.8, 4) is 16.9 Å². The van der Waals surface area contributed by atoms with Crippen molar-refractivity contribution in [2.45, 2.75) is 65.2 Å². The maximum Gasteiger partial charge on any atom is 0.311 e. The van der Waals surface area contributed by atoms with Gasteiger partial charge < -0.3 is 16.4 Å². The molecule has 0 fully saturated rings. The van der Waals surface area contributed by atoms with Gasteiger partial charge >= 0.3 is 5.97 Å². The van der Waals surface area contributed by atoms with Crippen LogP contribution in [0.2, 0.25) is 0 Å².